The SMILES string of the molecule is N#CC1=C(N)N(c2ccc(F)cc2)C2=C(C(=O)CCC2)C1c1cccs1. The van der Waals surface area contributed by atoms with E-state index in [2.05, 4.69) is 6.07 Å². The van der Waals surface area contributed by atoms with Crippen LogP contribution in [0.5, 0.6) is 0 Å². The summed E-state index contributed by atoms with van der Waals surface area (Å²) in [5, 5.41) is 11.7. The van der Waals surface area contributed by atoms with Crippen LogP contribution in [0.15, 0.2) is 64.4 Å². The first kappa shape index (κ1) is 16.6. The lowest BCUT2D eigenvalue weighted by Crippen LogP contribution is -2.38. The van der Waals surface area contributed by atoms with E-state index in [9.17, 15) is 14.4 Å². The van der Waals surface area contributed by atoms with Gasteiger partial charge >= 0.3 is 0 Å². The number of ketones is 1. The van der Waals surface area contributed by atoms with Crippen molar-refractivity contribution in [3.05, 3.63) is 75.1 Å². The van der Waals surface area contributed by atoms with E-state index in [4.69, 9.17) is 5.73 Å². The predicted octanol–water partition coefficient (Wildman–Crippen LogP) is 4.19. The average molecular weight is 365 g/mol. The molecule has 1 atom stereocenters. The fourth-order valence-electron chi connectivity index (χ4n) is 3.71. The molecule has 0 spiro atoms. The Kier molecular flexibility index (Phi) is 4.09. The van der Waals surface area contributed by atoms with Gasteiger partial charge in [-0.25, -0.2) is 4.39 Å². The van der Waals surface area contributed by atoms with Gasteiger partial charge in [0.1, 0.15) is 11.6 Å². The fourth-order valence-corrected chi connectivity index (χ4v) is 4.55. The second kappa shape index (κ2) is 6.43. The lowest BCUT2D eigenvalue weighted by molar-refractivity contribution is -0.116. The number of hydrogen-bond donors (Lipinski definition) is 1. The van der Waals surface area contributed by atoms with Crippen molar-refractivity contribution in [2.75, 3.05) is 4.90 Å². The molecule has 6 heteroatoms. The number of carbonyl (C=O) groups excluding carboxylic acids is 1. The zero-order valence-electron chi connectivity index (χ0n) is 13.9. The minimum atomic E-state index is -0.417. The van der Waals surface area contributed by atoms with E-state index < -0.39 is 5.92 Å². The normalized spacial score (nSPS) is 20.2. The number of rotatable bonds is 2. The molecule has 1 aromatic carbocycles. The summed E-state index contributed by atoms with van der Waals surface area (Å²) < 4.78 is 13.4. The van der Waals surface area contributed by atoms with Crippen LogP contribution in [-0.2, 0) is 4.79 Å². The lowest BCUT2D eigenvalue weighted by atomic mass is 9.78. The van der Waals surface area contributed by atoms with Gasteiger partial charge in [0.25, 0.3) is 0 Å². The standard InChI is InChI=1S/C20H16FN3OS/c21-12-6-8-13(9-7-12)24-15-3-1-4-16(25)19(15)18(14(11-22)20(24)23)17-5-2-10-26-17/h2,5-10,18H,1,3-4,23H2. The summed E-state index contributed by atoms with van der Waals surface area (Å²) in [7, 11) is 0. The number of anilines is 1. The van der Waals surface area contributed by atoms with E-state index in [1.165, 1.54) is 23.5 Å². The van der Waals surface area contributed by atoms with E-state index in [0.717, 1.165) is 17.0 Å². The van der Waals surface area contributed by atoms with Crippen LogP contribution in [0.4, 0.5) is 10.1 Å². The number of nitriles is 1. The first-order valence-electron chi connectivity index (χ1n) is 8.37. The molecule has 2 aromatic rings. The molecular weight excluding hydrogens is 349 g/mol. The average Bonchev–Trinajstić information content (AvgIpc) is 3.16. The highest BCUT2D eigenvalue weighted by Gasteiger charge is 2.40. The van der Waals surface area contributed by atoms with Gasteiger partial charge in [-0.1, -0.05) is 6.07 Å². The third-order valence-electron chi connectivity index (χ3n) is 4.83. The molecule has 1 aromatic heterocycles. The maximum Gasteiger partial charge on any atom is 0.161 e. The van der Waals surface area contributed by atoms with Gasteiger partial charge in [0.05, 0.1) is 17.6 Å². The maximum absolute atomic E-state index is 13.4. The van der Waals surface area contributed by atoms with Gasteiger partial charge in [-0.15, -0.1) is 11.3 Å². The zero-order chi connectivity index (χ0) is 18.3. The predicted molar refractivity (Wildman–Crippen MR) is 98.6 cm³/mol. The van der Waals surface area contributed by atoms with E-state index in [-0.39, 0.29) is 11.6 Å². The third-order valence-corrected chi connectivity index (χ3v) is 5.76. The van der Waals surface area contributed by atoms with Crippen molar-refractivity contribution in [3.63, 3.8) is 0 Å². The molecule has 0 amide bonds. The minimum Gasteiger partial charge on any atom is -0.384 e. The topological polar surface area (TPSA) is 70.1 Å². The summed E-state index contributed by atoms with van der Waals surface area (Å²) >= 11 is 1.51. The van der Waals surface area contributed by atoms with Crippen molar-refractivity contribution in [2.24, 2.45) is 5.73 Å². The van der Waals surface area contributed by atoms with Crippen LogP contribution in [0.3, 0.4) is 0 Å². The maximum atomic E-state index is 13.4. The molecule has 0 saturated heterocycles. The molecule has 0 fully saturated rings. The number of halogens is 1. The zero-order valence-corrected chi connectivity index (χ0v) is 14.7. The highest BCUT2D eigenvalue weighted by molar-refractivity contribution is 7.10. The highest BCUT2D eigenvalue weighted by atomic mass is 32.1. The van der Waals surface area contributed by atoms with Gasteiger partial charge in [-0.05, 0) is 48.6 Å². The Morgan fingerprint density at radius 1 is 1.23 bits per heavy atom. The monoisotopic (exact) mass is 365 g/mol. The first-order valence-corrected chi connectivity index (χ1v) is 9.25. The number of nitrogens with zero attached hydrogens (tertiary/aromatic N) is 2. The molecule has 1 aliphatic carbocycles. The van der Waals surface area contributed by atoms with E-state index in [1.807, 2.05) is 17.5 Å². The van der Waals surface area contributed by atoms with Crippen LogP contribution in [0.1, 0.15) is 30.1 Å². The number of hydrogen-bond acceptors (Lipinski definition) is 5. The quantitative estimate of drug-likeness (QED) is 0.866. The van der Waals surface area contributed by atoms with Crippen molar-refractivity contribution >= 4 is 22.8 Å². The summed E-state index contributed by atoms with van der Waals surface area (Å²) in [6.07, 6.45) is 1.90. The lowest BCUT2D eigenvalue weighted by Gasteiger charge is -2.39. The van der Waals surface area contributed by atoms with Crippen LogP contribution >= 0.6 is 11.3 Å². The number of Topliss-reactive ketones (excluding diaryl/α,β-unsaturated/α-hetero) is 1. The molecule has 0 saturated carbocycles. The largest absolute Gasteiger partial charge is 0.384 e. The van der Waals surface area contributed by atoms with Gasteiger partial charge in [0, 0.05) is 28.3 Å². The third kappa shape index (κ3) is 2.52. The van der Waals surface area contributed by atoms with Gasteiger partial charge in [-0.3, -0.25) is 9.69 Å². The second-order valence-corrected chi connectivity index (χ2v) is 7.29. The summed E-state index contributed by atoms with van der Waals surface area (Å²) in [5.41, 5.74) is 8.89. The minimum absolute atomic E-state index is 0.0528. The van der Waals surface area contributed by atoms with E-state index >= 15 is 0 Å². The van der Waals surface area contributed by atoms with E-state index in [1.54, 1.807) is 17.0 Å². The summed E-state index contributed by atoms with van der Waals surface area (Å²) in [4.78, 5) is 15.5. The molecule has 0 radical (unpaired) electrons. The molecule has 0 bridgehead atoms. The number of carbonyl (C=O) groups is 1. The number of benzene rings is 1. The molecule has 2 aliphatic rings. The Bertz CT molecular complexity index is 967. The molecule has 4 nitrogen and oxygen atoms in total. The van der Waals surface area contributed by atoms with Crippen molar-refractivity contribution in [1.82, 2.24) is 0 Å². The van der Waals surface area contributed by atoms with Gasteiger partial charge < -0.3 is 5.73 Å². The van der Waals surface area contributed by atoms with Gasteiger partial charge in [0.15, 0.2) is 5.78 Å². The molecule has 1 aliphatic heterocycles. The molecule has 1 unspecified atom stereocenters. The summed E-state index contributed by atoms with van der Waals surface area (Å²) in [6.45, 7) is 0. The summed E-state index contributed by atoms with van der Waals surface area (Å²) in [6, 6.07) is 12.0. The molecule has 4 rings (SSSR count). The van der Waals surface area contributed by atoms with E-state index in [0.29, 0.717) is 35.5 Å². The molecule has 2 heterocycles. The Morgan fingerprint density at radius 2 is 2.00 bits per heavy atom. The number of nitrogens with two attached hydrogens (primary N) is 1. The van der Waals surface area contributed by atoms with Gasteiger partial charge in [-0.2, -0.15) is 5.26 Å². The summed E-state index contributed by atoms with van der Waals surface area (Å²) in [5.74, 6) is -0.401. The Balaban J connectivity index is 1.96. The first-order chi connectivity index (χ1) is 12.6. The Hall–Kier alpha value is -2.91. The van der Waals surface area contributed by atoms with Crippen molar-refractivity contribution in [3.8, 4) is 6.07 Å². The fraction of sp³-hybridized carbons (Fsp3) is 0.200. The Labute approximate surface area is 154 Å². The van der Waals surface area contributed by atoms with Crippen LogP contribution in [0, 0.1) is 17.1 Å². The highest BCUT2D eigenvalue weighted by Crippen LogP contribution is 2.47. The van der Waals surface area contributed by atoms with Crippen LogP contribution in [0.2, 0.25) is 0 Å². The molecular formula is C20H16FN3OS. The molecule has 2 N–H and O–H groups in total. The van der Waals surface area contributed by atoms with Crippen LogP contribution < -0.4 is 10.6 Å². The Morgan fingerprint density at radius 3 is 2.65 bits per heavy atom. The molecule has 130 valence electrons. The van der Waals surface area contributed by atoms with Crippen LogP contribution in [0.25, 0.3) is 0 Å². The smallest absolute Gasteiger partial charge is 0.161 e. The van der Waals surface area contributed by atoms with Crippen LogP contribution in [-0.4, -0.2) is 5.78 Å². The van der Waals surface area contributed by atoms with Crippen molar-refractivity contribution in [1.29, 1.82) is 5.26 Å². The van der Waals surface area contributed by atoms with Crippen molar-refractivity contribution in [2.45, 2.75) is 25.2 Å². The van der Waals surface area contributed by atoms with Gasteiger partial charge in [0.2, 0.25) is 0 Å². The second-order valence-electron chi connectivity index (χ2n) is 6.31. The number of allylic oxidation sites excluding steroid dienone is 3. The van der Waals surface area contributed by atoms with Crippen molar-refractivity contribution < 1.29 is 9.18 Å². The number of thiophene rings is 1. The molecule has 26 heavy (non-hydrogen) atoms.